The summed E-state index contributed by atoms with van der Waals surface area (Å²) < 4.78 is 1.47. The quantitative estimate of drug-likeness (QED) is 0.266. The Morgan fingerprint density at radius 3 is 2.53 bits per heavy atom. The smallest absolute Gasteiger partial charge is 0.274 e. The van der Waals surface area contributed by atoms with Crippen LogP contribution in [0.25, 0.3) is 38.6 Å². The molecule has 0 fully saturated rings. The molecule has 0 radical (unpaired) electrons. The summed E-state index contributed by atoms with van der Waals surface area (Å²) in [5, 5.41) is 12.9. The summed E-state index contributed by atoms with van der Waals surface area (Å²) in [6, 6.07) is 16.6. The van der Waals surface area contributed by atoms with Crippen molar-refractivity contribution in [1.29, 1.82) is 0 Å². The van der Waals surface area contributed by atoms with Crippen molar-refractivity contribution >= 4 is 27.5 Å². The second-order valence-corrected chi connectivity index (χ2v) is 7.47. The number of benzene rings is 2. The normalized spacial score (nSPS) is 11.2. The van der Waals surface area contributed by atoms with Crippen LogP contribution in [-0.4, -0.2) is 19.5 Å². The summed E-state index contributed by atoms with van der Waals surface area (Å²) >= 11 is 0. The molecule has 0 aliphatic rings. The fourth-order valence-electron chi connectivity index (χ4n) is 3.87. The van der Waals surface area contributed by atoms with Crippen molar-refractivity contribution in [3.63, 3.8) is 0 Å². The lowest BCUT2D eigenvalue weighted by Crippen LogP contribution is -2.18. The van der Waals surface area contributed by atoms with E-state index in [4.69, 9.17) is 0 Å². The van der Waals surface area contributed by atoms with Gasteiger partial charge >= 0.3 is 0 Å². The Hall–Kier alpha value is -4.59. The zero-order chi connectivity index (χ0) is 22.4. The molecule has 8 nitrogen and oxygen atoms in total. The lowest BCUT2D eigenvalue weighted by molar-refractivity contribution is -0.385. The van der Waals surface area contributed by atoms with Gasteiger partial charge in [-0.1, -0.05) is 12.1 Å². The molecule has 0 amide bonds. The van der Waals surface area contributed by atoms with E-state index in [0.717, 1.165) is 16.5 Å². The number of hydrogen-bond acceptors (Lipinski definition) is 5. The maximum Gasteiger partial charge on any atom is 0.274 e. The summed E-state index contributed by atoms with van der Waals surface area (Å²) in [5.74, 6) is 0. The molecule has 2 aromatic carbocycles. The Morgan fingerprint density at radius 1 is 0.969 bits per heavy atom. The van der Waals surface area contributed by atoms with Gasteiger partial charge in [-0.05, 0) is 48.4 Å². The molecule has 1 N–H and O–H groups in total. The van der Waals surface area contributed by atoms with Crippen LogP contribution >= 0.6 is 0 Å². The molecule has 0 aliphatic carbocycles. The molecule has 0 saturated heterocycles. The first kappa shape index (κ1) is 19.4. The topological polar surface area (TPSA) is 111 Å². The fraction of sp³-hybridized carbons (Fsp3) is 0.0417. The molecule has 0 atom stereocenters. The molecule has 8 heteroatoms. The third kappa shape index (κ3) is 3.14. The highest BCUT2D eigenvalue weighted by Crippen LogP contribution is 2.30. The van der Waals surface area contributed by atoms with E-state index in [0.29, 0.717) is 27.7 Å². The Balaban J connectivity index is 1.86. The van der Waals surface area contributed by atoms with Gasteiger partial charge in [-0.3, -0.25) is 29.3 Å². The lowest BCUT2D eigenvalue weighted by Gasteiger charge is -2.13. The fourth-order valence-corrected chi connectivity index (χ4v) is 3.87. The van der Waals surface area contributed by atoms with Crippen molar-refractivity contribution in [1.82, 2.24) is 14.5 Å². The number of H-pyrrole nitrogens is 1. The number of pyridine rings is 3. The highest BCUT2D eigenvalue weighted by atomic mass is 16.6. The molecule has 0 spiro atoms. The van der Waals surface area contributed by atoms with E-state index in [2.05, 4.69) is 9.97 Å². The van der Waals surface area contributed by atoms with Crippen molar-refractivity contribution in [2.24, 2.45) is 0 Å². The number of nitrogens with zero attached hydrogens (tertiary/aromatic N) is 3. The van der Waals surface area contributed by atoms with Crippen molar-refractivity contribution in [3.05, 3.63) is 109 Å². The number of aryl methyl sites for hydroxylation is 1. The van der Waals surface area contributed by atoms with Crippen LogP contribution in [0.15, 0.2) is 82.6 Å². The summed E-state index contributed by atoms with van der Waals surface area (Å²) in [6.07, 6.45) is 3.30. The number of aromatic amines is 1. The molecule has 156 valence electrons. The average Bonchev–Trinajstić information content (AvgIpc) is 2.79. The number of fused-ring (bicyclic) bond motifs is 3. The maximum atomic E-state index is 13.0. The molecular formula is C24H16N4O4. The van der Waals surface area contributed by atoms with Crippen LogP contribution in [-0.2, 0) is 0 Å². The van der Waals surface area contributed by atoms with Gasteiger partial charge in [-0.15, -0.1) is 0 Å². The van der Waals surface area contributed by atoms with Gasteiger partial charge in [-0.2, -0.15) is 0 Å². The minimum Gasteiger partial charge on any atom is -0.328 e. The van der Waals surface area contributed by atoms with E-state index in [-0.39, 0.29) is 16.8 Å². The Morgan fingerprint density at radius 2 is 1.78 bits per heavy atom. The predicted molar refractivity (Wildman–Crippen MR) is 122 cm³/mol. The standard InChI is InChI=1S/C24H16N4O4/c1-14-2-6-18(11-21(14)28(31)32)27-23(30)9-5-17-13-25-20-7-3-15(10-19(20)24(17)27)16-4-8-22(29)26-12-16/h2-13H,1H3,(H,26,29). The summed E-state index contributed by atoms with van der Waals surface area (Å²) in [5.41, 5.74) is 3.27. The van der Waals surface area contributed by atoms with E-state index < -0.39 is 4.92 Å². The van der Waals surface area contributed by atoms with Crippen LogP contribution in [0, 0.1) is 17.0 Å². The van der Waals surface area contributed by atoms with Crippen molar-refractivity contribution in [2.75, 3.05) is 0 Å². The van der Waals surface area contributed by atoms with Gasteiger partial charge in [0.2, 0.25) is 5.56 Å². The number of rotatable bonds is 3. The highest BCUT2D eigenvalue weighted by molar-refractivity contribution is 6.05. The average molecular weight is 424 g/mol. The largest absolute Gasteiger partial charge is 0.328 e. The number of nitro groups is 1. The first-order valence-corrected chi connectivity index (χ1v) is 9.81. The number of hydrogen-bond donors (Lipinski definition) is 1. The van der Waals surface area contributed by atoms with Crippen LogP contribution in [0.2, 0.25) is 0 Å². The van der Waals surface area contributed by atoms with Crippen LogP contribution in [0.3, 0.4) is 0 Å². The molecule has 0 unspecified atom stereocenters. The van der Waals surface area contributed by atoms with Crippen molar-refractivity contribution in [3.8, 4) is 16.8 Å². The van der Waals surface area contributed by atoms with E-state index in [9.17, 15) is 19.7 Å². The van der Waals surface area contributed by atoms with Crippen molar-refractivity contribution < 1.29 is 4.92 Å². The molecule has 0 bridgehead atoms. The Bertz CT molecular complexity index is 1650. The van der Waals surface area contributed by atoms with E-state index >= 15 is 0 Å². The summed E-state index contributed by atoms with van der Waals surface area (Å²) in [6.45, 7) is 1.66. The monoisotopic (exact) mass is 424 g/mol. The molecule has 3 aromatic heterocycles. The second kappa shape index (κ2) is 7.28. The second-order valence-electron chi connectivity index (χ2n) is 7.47. The van der Waals surface area contributed by atoms with Gasteiger partial charge in [0.15, 0.2) is 0 Å². The van der Waals surface area contributed by atoms with Crippen LogP contribution < -0.4 is 11.1 Å². The molecule has 32 heavy (non-hydrogen) atoms. The van der Waals surface area contributed by atoms with Crippen LogP contribution in [0.4, 0.5) is 5.69 Å². The highest BCUT2D eigenvalue weighted by Gasteiger charge is 2.16. The minimum atomic E-state index is -0.455. The lowest BCUT2D eigenvalue weighted by atomic mass is 10.0. The van der Waals surface area contributed by atoms with Crippen LogP contribution in [0.1, 0.15) is 5.56 Å². The van der Waals surface area contributed by atoms with Crippen LogP contribution in [0.5, 0.6) is 0 Å². The van der Waals surface area contributed by atoms with E-state index in [1.165, 1.54) is 22.8 Å². The molecule has 5 aromatic rings. The zero-order valence-corrected chi connectivity index (χ0v) is 16.9. The third-order valence-corrected chi connectivity index (χ3v) is 5.48. The Kier molecular flexibility index (Phi) is 4.41. The van der Waals surface area contributed by atoms with E-state index in [1.54, 1.807) is 43.6 Å². The predicted octanol–water partition coefficient (Wildman–Crippen LogP) is 4.11. The van der Waals surface area contributed by atoms with Gasteiger partial charge in [-0.25, -0.2) is 0 Å². The van der Waals surface area contributed by atoms with Gasteiger partial charge in [0.25, 0.3) is 11.2 Å². The molecular weight excluding hydrogens is 408 g/mol. The number of aromatic nitrogens is 3. The third-order valence-electron chi connectivity index (χ3n) is 5.48. The molecule has 0 saturated carbocycles. The number of nitro benzene ring substituents is 1. The molecule has 3 heterocycles. The number of nitrogens with one attached hydrogen (secondary N) is 1. The Labute approximate surface area is 180 Å². The summed E-state index contributed by atoms with van der Waals surface area (Å²) in [7, 11) is 0. The van der Waals surface area contributed by atoms with Gasteiger partial charge in [0.05, 0.1) is 21.6 Å². The zero-order valence-electron chi connectivity index (χ0n) is 16.9. The molecule has 5 rings (SSSR count). The van der Waals surface area contributed by atoms with Gasteiger partial charge in [0.1, 0.15) is 0 Å². The van der Waals surface area contributed by atoms with Crippen molar-refractivity contribution in [2.45, 2.75) is 6.92 Å². The van der Waals surface area contributed by atoms with Gasteiger partial charge in [0, 0.05) is 46.9 Å². The maximum absolute atomic E-state index is 13.0. The van der Waals surface area contributed by atoms with E-state index in [1.807, 2.05) is 18.2 Å². The first-order chi connectivity index (χ1) is 15.4. The van der Waals surface area contributed by atoms with Gasteiger partial charge < -0.3 is 4.98 Å². The summed E-state index contributed by atoms with van der Waals surface area (Å²) in [4.78, 5) is 42.6. The molecule has 0 aliphatic heterocycles. The SMILES string of the molecule is Cc1ccc(-n2c(=O)ccc3cnc4ccc(-c5ccc(=O)[nH]c5)cc4c32)cc1[N+](=O)[O-]. The minimum absolute atomic E-state index is 0.0568. The first-order valence-electron chi connectivity index (χ1n) is 9.81.